The molecular weight excluding hydrogens is 322 g/mol. The van der Waals surface area contributed by atoms with Crippen LogP contribution < -0.4 is 20.2 Å². The molecule has 0 aliphatic carbocycles. The lowest BCUT2D eigenvalue weighted by Crippen LogP contribution is -2.28. The van der Waals surface area contributed by atoms with E-state index in [1.165, 1.54) is 5.56 Å². The van der Waals surface area contributed by atoms with Gasteiger partial charge in [-0.2, -0.15) is 5.10 Å². The number of benzene rings is 2. The van der Waals surface area contributed by atoms with Gasteiger partial charge in [0.2, 0.25) is 0 Å². The summed E-state index contributed by atoms with van der Waals surface area (Å²) in [5.74, 6) is 1.34. The lowest BCUT2D eigenvalue weighted by molar-refractivity contribution is 0.284. The van der Waals surface area contributed by atoms with Crippen LogP contribution in [0.4, 0.5) is 0 Å². The summed E-state index contributed by atoms with van der Waals surface area (Å²) in [5.41, 5.74) is 5.92. The number of hydrogen-bond donors (Lipinski definition) is 2. The Morgan fingerprint density at radius 1 is 1.17 bits per heavy atom. The highest BCUT2D eigenvalue weighted by atomic mass is 32.1. The SMILES string of the molecule is CNC(=S)N/N=C\c1ccc(OCc2ccc(C)cc2)c(OC)c1. The van der Waals surface area contributed by atoms with Gasteiger partial charge in [0.15, 0.2) is 16.6 Å². The highest BCUT2D eigenvalue weighted by Crippen LogP contribution is 2.28. The summed E-state index contributed by atoms with van der Waals surface area (Å²) < 4.78 is 11.3. The fraction of sp³-hybridized carbons (Fsp3) is 0.222. The van der Waals surface area contributed by atoms with Crippen molar-refractivity contribution in [2.75, 3.05) is 14.2 Å². The van der Waals surface area contributed by atoms with Crippen LogP contribution in [-0.2, 0) is 6.61 Å². The third kappa shape index (κ3) is 5.24. The van der Waals surface area contributed by atoms with Gasteiger partial charge in [0.05, 0.1) is 13.3 Å². The summed E-state index contributed by atoms with van der Waals surface area (Å²) in [7, 11) is 3.34. The summed E-state index contributed by atoms with van der Waals surface area (Å²) in [6.45, 7) is 2.55. The Kier molecular flexibility index (Phi) is 6.57. The third-order valence-electron chi connectivity index (χ3n) is 3.31. The predicted octanol–water partition coefficient (Wildman–Crippen LogP) is 3.01. The Hall–Kier alpha value is -2.60. The second-order valence-electron chi connectivity index (χ2n) is 5.13. The first-order valence-electron chi connectivity index (χ1n) is 7.49. The Morgan fingerprint density at radius 2 is 1.92 bits per heavy atom. The zero-order valence-electron chi connectivity index (χ0n) is 14.0. The number of nitrogens with zero attached hydrogens (tertiary/aromatic N) is 1. The van der Waals surface area contributed by atoms with Crippen LogP contribution >= 0.6 is 12.2 Å². The molecule has 0 unspecified atom stereocenters. The summed E-state index contributed by atoms with van der Waals surface area (Å²) >= 11 is 4.95. The molecule has 2 aromatic carbocycles. The van der Waals surface area contributed by atoms with Crippen LogP contribution in [0.15, 0.2) is 47.6 Å². The minimum absolute atomic E-state index is 0.455. The first kappa shape index (κ1) is 17.7. The fourth-order valence-corrected chi connectivity index (χ4v) is 2.00. The molecule has 0 spiro atoms. The van der Waals surface area contributed by atoms with Crippen molar-refractivity contribution in [2.24, 2.45) is 5.10 Å². The van der Waals surface area contributed by atoms with Crippen molar-refractivity contribution in [1.82, 2.24) is 10.7 Å². The van der Waals surface area contributed by atoms with Gasteiger partial charge in [-0.25, -0.2) is 0 Å². The van der Waals surface area contributed by atoms with E-state index in [-0.39, 0.29) is 0 Å². The molecule has 0 bridgehead atoms. The summed E-state index contributed by atoms with van der Waals surface area (Å²) in [6, 6.07) is 13.9. The Balaban J connectivity index is 2.02. The highest BCUT2D eigenvalue weighted by molar-refractivity contribution is 7.80. The molecule has 0 fully saturated rings. The van der Waals surface area contributed by atoms with Crippen LogP contribution in [0.2, 0.25) is 0 Å². The smallest absolute Gasteiger partial charge is 0.186 e. The molecule has 2 rings (SSSR count). The largest absolute Gasteiger partial charge is 0.493 e. The molecule has 6 heteroatoms. The molecule has 0 atom stereocenters. The average molecular weight is 343 g/mol. The second kappa shape index (κ2) is 8.88. The van der Waals surface area contributed by atoms with Crippen LogP contribution in [-0.4, -0.2) is 25.5 Å². The van der Waals surface area contributed by atoms with Crippen molar-refractivity contribution in [3.8, 4) is 11.5 Å². The number of nitrogens with one attached hydrogen (secondary N) is 2. The number of methoxy groups -OCH3 is 1. The van der Waals surface area contributed by atoms with Gasteiger partial charge in [-0.15, -0.1) is 0 Å². The van der Waals surface area contributed by atoms with Gasteiger partial charge >= 0.3 is 0 Å². The maximum atomic E-state index is 5.85. The molecule has 0 saturated heterocycles. The number of thiocarbonyl (C=S) groups is 1. The van der Waals surface area contributed by atoms with Crippen molar-refractivity contribution in [2.45, 2.75) is 13.5 Å². The molecule has 5 nitrogen and oxygen atoms in total. The average Bonchev–Trinajstić information content (AvgIpc) is 2.61. The minimum atomic E-state index is 0.455. The van der Waals surface area contributed by atoms with Crippen molar-refractivity contribution < 1.29 is 9.47 Å². The molecular formula is C18H21N3O2S. The molecule has 126 valence electrons. The van der Waals surface area contributed by atoms with Gasteiger partial charge in [-0.05, 0) is 48.5 Å². The molecule has 24 heavy (non-hydrogen) atoms. The molecule has 0 radical (unpaired) electrons. The Labute approximate surface area is 147 Å². The molecule has 0 aliphatic heterocycles. The number of rotatable bonds is 6. The minimum Gasteiger partial charge on any atom is -0.493 e. The second-order valence-corrected chi connectivity index (χ2v) is 5.54. The van der Waals surface area contributed by atoms with Crippen LogP contribution in [0, 0.1) is 6.92 Å². The standard InChI is InChI=1S/C18H21N3O2S/c1-13-4-6-14(7-5-13)12-23-16-9-8-15(10-17(16)22-3)11-20-21-18(24)19-2/h4-11H,12H2,1-3H3,(H2,19,21,24)/b20-11-. The fourth-order valence-electron chi connectivity index (χ4n) is 1.95. The first-order valence-corrected chi connectivity index (χ1v) is 7.90. The highest BCUT2D eigenvalue weighted by Gasteiger charge is 2.05. The number of hydrogen-bond acceptors (Lipinski definition) is 4. The van der Waals surface area contributed by atoms with E-state index in [4.69, 9.17) is 21.7 Å². The Bertz CT molecular complexity index is 715. The normalized spacial score (nSPS) is 10.5. The van der Waals surface area contributed by atoms with Crippen LogP contribution in [0.5, 0.6) is 11.5 Å². The van der Waals surface area contributed by atoms with E-state index >= 15 is 0 Å². The van der Waals surface area contributed by atoms with Crippen molar-refractivity contribution in [3.05, 3.63) is 59.2 Å². The van der Waals surface area contributed by atoms with Crippen molar-refractivity contribution >= 4 is 23.5 Å². The van der Waals surface area contributed by atoms with E-state index in [0.29, 0.717) is 23.2 Å². The van der Waals surface area contributed by atoms with E-state index in [1.54, 1.807) is 20.4 Å². The zero-order valence-corrected chi connectivity index (χ0v) is 14.8. The lowest BCUT2D eigenvalue weighted by atomic mass is 10.2. The molecule has 0 aliphatic rings. The van der Waals surface area contributed by atoms with Crippen LogP contribution in [0.3, 0.4) is 0 Å². The van der Waals surface area contributed by atoms with E-state index in [0.717, 1.165) is 11.1 Å². The van der Waals surface area contributed by atoms with Gasteiger partial charge in [0, 0.05) is 7.05 Å². The summed E-state index contributed by atoms with van der Waals surface area (Å²) in [5, 5.41) is 7.28. The van der Waals surface area contributed by atoms with Gasteiger partial charge in [0.1, 0.15) is 6.61 Å². The number of hydrazone groups is 1. The van der Waals surface area contributed by atoms with E-state index in [2.05, 4.69) is 47.0 Å². The molecule has 0 saturated carbocycles. The van der Waals surface area contributed by atoms with E-state index in [1.807, 2.05) is 18.2 Å². The molecule has 0 aromatic heterocycles. The van der Waals surface area contributed by atoms with Crippen LogP contribution in [0.25, 0.3) is 0 Å². The van der Waals surface area contributed by atoms with Crippen molar-refractivity contribution in [3.63, 3.8) is 0 Å². The number of aryl methyl sites for hydroxylation is 1. The van der Waals surface area contributed by atoms with E-state index < -0.39 is 0 Å². The monoisotopic (exact) mass is 343 g/mol. The topological polar surface area (TPSA) is 54.9 Å². The molecule has 2 N–H and O–H groups in total. The maximum absolute atomic E-state index is 5.85. The quantitative estimate of drug-likeness (QED) is 0.480. The molecule has 2 aromatic rings. The zero-order chi connectivity index (χ0) is 17.4. The number of ether oxygens (including phenoxy) is 2. The first-order chi connectivity index (χ1) is 11.6. The van der Waals surface area contributed by atoms with Crippen LogP contribution in [0.1, 0.15) is 16.7 Å². The van der Waals surface area contributed by atoms with Gasteiger partial charge in [-0.3, -0.25) is 5.43 Å². The third-order valence-corrected chi connectivity index (χ3v) is 3.60. The molecule has 0 amide bonds. The maximum Gasteiger partial charge on any atom is 0.186 e. The van der Waals surface area contributed by atoms with Gasteiger partial charge in [0.25, 0.3) is 0 Å². The van der Waals surface area contributed by atoms with Gasteiger partial charge in [-0.1, -0.05) is 29.8 Å². The van der Waals surface area contributed by atoms with Gasteiger partial charge < -0.3 is 14.8 Å². The molecule has 0 heterocycles. The Morgan fingerprint density at radius 3 is 2.58 bits per heavy atom. The summed E-state index contributed by atoms with van der Waals surface area (Å²) in [4.78, 5) is 0. The van der Waals surface area contributed by atoms with E-state index in [9.17, 15) is 0 Å². The van der Waals surface area contributed by atoms with Crippen molar-refractivity contribution in [1.29, 1.82) is 0 Å². The summed E-state index contributed by atoms with van der Waals surface area (Å²) in [6.07, 6.45) is 1.66. The lowest BCUT2D eigenvalue weighted by Gasteiger charge is -2.11. The predicted molar refractivity (Wildman–Crippen MR) is 101 cm³/mol.